The summed E-state index contributed by atoms with van der Waals surface area (Å²) in [5, 5.41) is 3.85. The van der Waals surface area contributed by atoms with E-state index >= 15 is 0 Å². The van der Waals surface area contributed by atoms with Crippen LogP contribution >= 0.6 is 0 Å². The lowest BCUT2D eigenvalue weighted by molar-refractivity contribution is 0.0939. The number of para-hydroxylation sites is 1. The Bertz CT molecular complexity index is 542. The third kappa shape index (κ3) is 2.18. The van der Waals surface area contributed by atoms with Crippen LogP contribution < -0.4 is 5.32 Å². The van der Waals surface area contributed by atoms with Crippen molar-refractivity contribution >= 4 is 16.9 Å². The summed E-state index contributed by atoms with van der Waals surface area (Å²) in [6.07, 6.45) is 0.917. The van der Waals surface area contributed by atoms with Gasteiger partial charge in [-0.1, -0.05) is 25.1 Å². The normalized spacial score (nSPS) is 12.6. The van der Waals surface area contributed by atoms with Crippen molar-refractivity contribution < 1.29 is 9.21 Å². The highest BCUT2D eigenvalue weighted by Gasteiger charge is 2.18. The predicted octanol–water partition coefficient (Wildman–Crippen LogP) is 3.27. The second kappa shape index (κ2) is 4.62. The highest BCUT2D eigenvalue weighted by atomic mass is 16.3. The third-order valence-electron chi connectivity index (χ3n) is 2.99. The molecule has 90 valence electrons. The van der Waals surface area contributed by atoms with Gasteiger partial charge in [0.15, 0.2) is 0 Å². The van der Waals surface area contributed by atoms with Crippen molar-refractivity contribution in [3.8, 4) is 0 Å². The van der Waals surface area contributed by atoms with Gasteiger partial charge in [-0.2, -0.15) is 0 Å². The Kier molecular flexibility index (Phi) is 3.18. The van der Waals surface area contributed by atoms with Gasteiger partial charge in [0.1, 0.15) is 11.3 Å². The Hall–Kier alpha value is -1.77. The first-order valence-corrected chi connectivity index (χ1v) is 5.92. The smallest absolute Gasteiger partial charge is 0.255 e. The van der Waals surface area contributed by atoms with Crippen molar-refractivity contribution in [1.82, 2.24) is 5.32 Å². The molecule has 0 saturated heterocycles. The Morgan fingerprint density at radius 1 is 1.41 bits per heavy atom. The molecule has 2 rings (SSSR count). The fraction of sp³-hybridized carbons (Fsp3) is 0.357. The molecule has 0 bridgehead atoms. The minimum Gasteiger partial charge on any atom is -0.461 e. The van der Waals surface area contributed by atoms with Gasteiger partial charge < -0.3 is 9.73 Å². The lowest BCUT2D eigenvalue weighted by Gasteiger charge is -2.10. The topological polar surface area (TPSA) is 42.2 Å². The van der Waals surface area contributed by atoms with Gasteiger partial charge in [-0.25, -0.2) is 0 Å². The fourth-order valence-corrected chi connectivity index (χ4v) is 1.85. The molecule has 3 nitrogen and oxygen atoms in total. The molecule has 1 aromatic carbocycles. The number of furan rings is 1. The van der Waals surface area contributed by atoms with Crippen LogP contribution in [0.3, 0.4) is 0 Å². The van der Waals surface area contributed by atoms with Gasteiger partial charge in [0.05, 0.1) is 5.56 Å². The number of hydrogen-bond acceptors (Lipinski definition) is 2. The van der Waals surface area contributed by atoms with Gasteiger partial charge in [-0.15, -0.1) is 0 Å². The van der Waals surface area contributed by atoms with Crippen LogP contribution in [0, 0.1) is 6.92 Å². The van der Waals surface area contributed by atoms with E-state index in [-0.39, 0.29) is 11.9 Å². The van der Waals surface area contributed by atoms with E-state index in [1.165, 1.54) is 0 Å². The predicted molar refractivity (Wildman–Crippen MR) is 68.2 cm³/mol. The Balaban J connectivity index is 2.41. The first-order valence-electron chi connectivity index (χ1n) is 5.92. The van der Waals surface area contributed by atoms with Gasteiger partial charge in [-0.3, -0.25) is 4.79 Å². The van der Waals surface area contributed by atoms with E-state index < -0.39 is 0 Å². The average molecular weight is 231 g/mol. The standard InChI is InChI=1S/C14H17NO2/c1-4-9(2)15-14(16)13-10(3)17-12-8-6-5-7-11(12)13/h5-9H,4H2,1-3H3,(H,15,16). The Morgan fingerprint density at radius 2 is 2.12 bits per heavy atom. The Labute approximate surface area is 101 Å². The van der Waals surface area contributed by atoms with Crippen molar-refractivity contribution in [3.05, 3.63) is 35.6 Å². The maximum atomic E-state index is 12.1. The van der Waals surface area contributed by atoms with E-state index in [2.05, 4.69) is 5.32 Å². The van der Waals surface area contributed by atoms with Crippen LogP contribution in [0.25, 0.3) is 11.0 Å². The van der Waals surface area contributed by atoms with Crippen LogP contribution in [0.5, 0.6) is 0 Å². The lowest BCUT2D eigenvalue weighted by Crippen LogP contribution is -2.32. The van der Waals surface area contributed by atoms with E-state index in [0.29, 0.717) is 11.3 Å². The van der Waals surface area contributed by atoms with Gasteiger partial charge in [0.25, 0.3) is 5.91 Å². The molecule has 17 heavy (non-hydrogen) atoms. The van der Waals surface area contributed by atoms with Crippen molar-refractivity contribution in [1.29, 1.82) is 0 Å². The van der Waals surface area contributed by atoms with Crippen LogP contribution in [0.15, 0.2) is 28.7 Å². The molecule has 2 aromatic rings. The number of hydrogen-bond donors (Lipinski definition) is 1. The van der Waals surface area contributed by atoms with Gasteiger partial charge in [-0.05, 0) is 26.3 Å². The average Bonchev–Trinajstić information content (AvgIpc) is 2.64. The molecule has 1 aromatic heterocycles. The molecule has 0 aliphatic rings. The van der Waals surface area contributed by atoms with Crippen LogP contribution in [0.2, 0.25) is 0 Å². The number of benzene rings is 1. The zero-order valence-corrected chi connectivity index (χ0v) is 10.4. The number of carbonyl (C=O) groups excluding carboxylic acids is 1. The number of fused-ring (bicyclic) bond motifs is 1. The first-order chi connectivity index (χ1) is 8.13. The number of nitrogens with one attached hydrogen (secondary N) is 1. The molecule has 3 heteroatoms. The molecule has 0 saturated carbocycles. The quantitative estimate of drug-likeness (QED) is 0.880. The summed E-state index contributed by atoms with van der Waals surface area (Å²) in [7, 11) is 0. The SMILES string of the molecule is CCC(C)NC(=O)c1c(C)oc2ccccc12. The molecule has 1 N–H and O–H groups in total. The molecular formula is C14H17NO2. The maximum Gasteiger partial charge on any atom is 0.255 e. The monoisotopic (exact) mass is 231 g/mol. The fourth-order valence-electron chi connectivity index (χ4n) is 1.85. The van der Waals surface area contributed by atoms with Crippen molar-refractivity contribution in [3.63, 3.8) is 0 Å². The molecule has 1 atom stereocenters. The zero-order chi connectivity index (χ0) is 12.4. The zero-order valence-electron chi connectivity index (χ0n) is 10.4. The first kappa shape index (κ1) is 11.7. The third-order valence-corrected chi connectivity index (χ3v) is 2.99. The van der Waals surface area contributed by atoms with E-state index in [4.69, 9.17) is 4.42 Å². The summed E-state index contributed by atoms with van der Waals surface area (Å²) in [6.45, 7) is 5.87. The van der Waals surface area contributed by atoms with E-state index in [0.717, 1.165) is 17.4 Å². The summed E-state index contributed by atoms with van der Waals surface area (Å²) in [4.78, 5) is 12.1. The summed E-state index contributed by atoms with van der Waals surface area (Å²) >= 11 is 0. The molecule has 0 radical (unpaired) electrons. The van der Waals surface area contributed by atoms with Crippen molar-refractivity contribution in [2.75, 3.05) is 0 Å². The van der Waals surface area contributed by atoms with Gasteiger partial charge in [0.2, 0.25) is 0 Å². The van der Waals surface area contributed by atoms with Gasteiger partial charge >= 0.3 is 0 Å². The Morgan fingerprint density at radius 3 is 2.82 bits per heavy atom. The largest absolute Gasteiger partial charge is 0.461 e. The molecular weight excluding hydrogens is 214 g/mol. The van der Waals surface area contributed by atoms with Crippen LogP contribution in [0.4, 0.5) is 0 Å². The molecule has 0 fully saturated rings. The number of aryl methyl sites for hydroxylation is 1. The molecule has 0 aliphatic carbocycles. The summed E-state index contributed by atoms with van der Waals surface area (Å²) in [5.74, 6) is 0.619. The van der Waals surface area contributed by atoms with Gasteiger partial charge in [0, 0.05) is 11.4 Å². The van der Waals surface area contributed by atoms with Crippen molar-refractivity contribution in [2.24, 2.45) is 0 Å². The summed E-state index contributed by atoms with van der Waals surface area (Å²) < 4.78 is 5.57. The number of amides is 1. The van der Waals surface area contributed by atoms with E-state index in [9.17, 15) is 4.79 Å². The number of rotatable bonds is 3. The molecule has 1 unspecified atom stereocenters. The molecule has 1 amide bonds. The molecule has 1 heterocycles. The van der Waals surface area contributed by atoms with Crippen molar-refractivity contribution in [2.45, 2.75) is 33.2 Å². The highest BCUT2D eigenvalue weighted by molar-refractivity contribution is 6.07. The van der Waals surface area contributed by atoms with Crippen LogP contribution in [-0.4, -0.2) is 11.9 Å². The minimum absolute atomic E-state index is 0.0539. The summed E-state index contributed by atoms with van der Waals surface area (Å²) in [5.41, 5.74) is 1.42. The molecule has 0 spiro atoms. The van der Waals surface area contributed by atoms with E-state index in [1.807, 2.05) is 45.0 Å². The van der Waals surface area contributed by atoms with Crippen LogP contribution in [0.1, 0.15) is 36.4 Å². The summed E-state index contributed by atoms with van der Waals surface area (Å²) in [6, 6.07) is 7.79. The second-order valence-corrected chi connectivity index (χ2v) is 4.31. The second-order valence-electron chi connectivity index (χ2n) is 4.31. The minimum atomic E-state index is -0.0539. The van der Waals surface area contributed by atoms with Crippen LogP contribution in [-0.2, 0) is 0 Å². The van der Waals surface area contributed by atoms with E-state index in [1.54, 1.807) is 0 Å². The molecule has 0 aliphatic heterocycles. The number of carbonyl (C=O) groups is 1. The lowest BCUT2D eigenvalue weighted by atomic mass is 10.1. The maximum absolute atomic E-state index is 12.1. The highest BCUT2D eigenvalue weighted by Crippen LogP contribution is 2.25.